The number of nitrogens with one attached hydrogen (secondary N) is 1. The van der Waals surface area contributed by atoms with Crippen molar-refractivity contribution in [2.75, 3.05) is 13.1 Å². The molecular formula is C15H15F2N3. The molecule has 1 saturated heterocycles. The van der Waals surface area contributed by atoms with Crippen molar-refractivity contribution in [2.45, 2.75) is 18.8 Å². The van der Waals surface area contributed by atoms with Crippen LogP contribution in [0.25, 0.3) is 11.3 Å². The Morgan fingerprint density at radius 2 is 1.90 bits per heavy atom. The summed E-state index contributed by atoms with van der Waals surface area (Å²) < 4.78 is 27.1. The topological polar surface area (TPSA) is 37.8 Å². The van der Waals surface area contributed by atoms with E-state index in [1.54, 1.807) is 12.3 Å². The molecule has 2 aromatic rings. The maximum Gasteiger partial charge on any atom is 0.168 e. The average Bonchev–Trinajstić information content (AvgIpc) is 2.51. The van der Waals surface area contributed by atoms with Gasteiger partial charge in [0.05, 0.1) is 5.69 Å². The number of aromatic nitrogens is 2. The van der Waals surface area contributed by atoms with E-state index in [2.05, 4.69) is 15.3 Å². The van der Waals surface area contributed by atoms with Gasteiger partial charge in [-0.15, -0.1) is 0 Å². The number of hydrogen-bond donors (Lipinski definition) is 1. The van der Waals surface area contributed by atoms with Gasteiger partial charge < -0.3 is 5.32 Å². The fourth-order valence-corrected chi connectivity index (χ4v) is 2.50. The molecule has 0 radical (unpaired) electrons. The smallest absolute Gasteiger partial charge is 0.168 e. The predicted octanol–water partition coefficient (Wildman–Crippen LogP) is 2.89. The van der Waals surface area contributed by atoms with E-state index in [1.807, 2.05) is 0 Å². The lowest BCUT2D eigenvalue weighted by molar-refractivity contribution is 0.445. The average molecular weight is 275 g/mol. The largest absolute Gasteiger partial charge is 0.317 e. The molecule has 1 N–H and O–H groups in total. The van der Waals surface area contributed by atoms with E-state index >= 15 is 0 Å². The quantitative estimate of drug-likeness (QED) is 0.915. The van der Waals surface area contributed by atoms with Crippen LogP contribution in [-0.4, -0.2) is 23.1 Å². The standard InChI is InChI=1S/C15H15F2N3/c16-12-3-1-2-11(14(12)17)13-6-9-19-15(20-13)10-4-7-18-8-5-10/h1-3,6,9-10,18H,4-5,7-8H2. The second kappa shape index (κ2) is 5.63. The Bertz CT molecular complexity index is 610. The molecule has 1 aliphatic rings. The van der Waals surface area contributed by atoms with Crippen molar-refractivity contribution >= 4 is 0 Å². The fraction of sp³-hybridized carbons (Fsp3) is 0.333. The maximum atomic E-state index is 13.8. The molecule has 1 aromatic carbocycles. The van der Waals surface area contributed by atoms with E-state index in [0.29, 0.717) is 11.5 Å². The first-order valence-electron chi connectivity index (χ1n) is 6.74. The Hall–Kier alpha value is -1.88. The molecule has 0 aliphatic carbocycles. The van der Waals surface area contributed by atoms with Crippen molar-refractivity contribution in [3.63, 3.8) is 0 Å². The van der Waals surface area contributed by atoms with E-state index in [0.717, 1.165) is 32.0 Å². The zero-order valence-corrected chi connectivity index (χ0v) is 10.9. The fourth-order valence-electron chi connectivity index (χ4n) is 2.50. The summed E-state index contributed by atoms with van der Waals surface area (Å²) in [6.07, 6.45) is 3.55. The molecule has 3 rings (SSSR count). The van der Waals surface area contributed by atoms with Crippen LogP contribution in [0.2, 0.25) is 0 Å². The van der Waals surface area contributed by atoms with Crippen molar-refractivity contribution in [1.82, 2.24) is 15.3 Å². The lowest BCUT2D eigenvalue weighted by Gasteiger charge is -2.21. The van der Waals surface area contributed by atoms with Gasteiger partial charge in [-0.2, -0.15) is 0 Å². The molecule has 3 nitrogen and oxygen atoms in total. The van der Waals surface area contributed by atoms with Crippen LogP contribution in [-0.2, 0) is 0 Å². The number of piperidine rings is 1. The summed E-state index contributed by atoms with van der Waals surface area (Å²) in [7, 11) is 0. The van der Waals surface area contributed by atoms with Gasteiger partial charge in [-0.05, 0) is 44.1 Å². The normalized spacial score (nSPS) is 16.3. The Morgan fingerprint density at radius 3 is 2.70 bits per heavy atom. The van der Waals surface area contributed by atoms with Gasteiger partial charge >= 0.3 is 0 Å². The Kier molecular flexibility index (Phi) is 3.69. The highest BCUT2D eigenvalue weighted by Gasteiger charge is 2.19. The van der Waals surface area contributed by atoms with Gasteiger partial charge in [-0.3, -0.25) is 0 Å². The predicted molar refractivity (Wildman–Crippen MR) is 72.2 cm³/mol. The van der Waals surface area contributed by atoms with Crippen molar-refractivity contribution in [3.8, 4) is 11.3 Å². The molecule has 0 saturated carbocycles. The van der Waals surface area contributed by atoms with Crippen LogP contribution in [0.4, 0.5) is 8.78 Å². The lowest BCUT2D eigenvalue weighted by Crippen LogP contribution is -2.27. The highest BCUT2D eigenvalue weighted by molar-refractivity contribution is 5.59. The van der Waals surface area contributed by atoms with E-state index in [9.17, 15) is 8.78 Å². The second-order valence-corrected chi connectivity index (χ2v) is 4.93. The van der Waals surface area contributed by atoms with Gasteiger partial charge in [0.15, 0.2) is 11.6 Å². The van der Waals surface area contributed by atoms with Crippen LogP contribution in [0.1, 0.15) is 24.6 Å². The molecule has 0 bridgehead atoms. The maximum absolute atomic E-state index is 13.8. The summed E-state index contributed by atoms with van der Waals surface area (Å²) in [4.78, 5) is 8.71. The first kappa shape index (κ1) is 13.1. The SMILES string of the molecule is Fc1cccc(-c2ccnc(C3CCNCC3)n2)c1F. The van der Waals surface area contributed by atoms with Gasteiger partial charge in [0, 0.05) is 17.7 Å². The van der Waals surface area contributed by atoms with Crippen LogP contribution in [0.5, 0.6) is 0 Å². The van der Waals surface area contributed by atoms with Crippen molar-refractivity contribution in [3.05, 3.63) is 47.9 Å². The molecule has 1 aliphatic heterocycles. The van der Waals surface area contributed by atoms with E-state index in [4.69, 9.17) is 0 Å². The molecule has 0 spiro atoms. The van der Waals surface area contributed by atoms with E-state index in [1.165, 1.54) is 12.1 Å². The summed E-state index contributed by atoms with van der Waals surface area (Å²) in [6.45, 7) is 1.87. The Labute approximate surface area is 116 Å². The van der Waals surface area contributed by atoms with E-state index in [-0.39, 0.29) is 11.5 Å². The van der Waals surface area contributed by atoms with Crippen molar-refractivity contribution < 1.29 is 8.78 Å². The summed E-state index contributed by atoms with van der Waals surface area (Å²) >= 11 is 0. The minimum Gasteiger partial charge on any atom is -0.317 e. The summed E-state index contributed by atoms with van der Waals surface area (Å²) in [5, 5.41) is 3.28. The highest BCUT2D eigenvalue weighted by atomic mass is 19.2. The highest BCUT2D eigenvalue weighted by Crippen LogP contribution is 2.26. The summed E-state index contributed by atoms with van der Waals surface area (Å²) in [5.41, 5.74) is 0.619. The first-order valence-corrected chi connectivity index (χ1v) is 6.74. The van der Waals surface area contributed by atoms with Crippen LogP contribution in [0.3, 0.4) is 0 Å². The number of benzene rings is 1. The lowest BCUT2D eigenvalue weighted by atomic mass is 9.97. The number of hydrogen-bond acceptors (Lipinski definition) is 3. The summed E-state index contributed by atoms with van der Waals surface area (Å²) in [6, 6.07) is 5.74. The minimum absolute atomic E-state index is 0.183. The minimum atomic E-state index is -0.859. The summed E-state index contributed by atoms with van der Waals surface area (Å²) in [5.74, 6) is -0.715. The molecule has 1 aromatic heterocycles. The number of nitrogens with zero attached hydrogens (tertiary/aromatic N) is 2. The Morgan fingerprint density at radius 1 is 1.10 bits per heavy atom. The van der Waals surface area contributed by atoms with Crippen LogP contribution in [0, 0.1) is 11.6 Å². The van der Waals surface area contributed by atoms with Crippen LogP contribution in [0.15, 0.2) is 30.5 Å². The van der Waals surface area contributed by atoms with Crippen molar-refractivity contribution in [1.29, 1.82) is 0 Å². The molecule has 0 amide bonds. The van der Waals surface area contributed by atoms with Gasteiger partial charge in [-0.1, -0.05) is 6.07 Å². The van der Waals surface area contributed by atoms with Crippen molar-refractivity contribution in [2.24, 2.45) is 0 Å². The van der Waals surface area contributed by atoms with E-state index < -0.39 is 11.6 Å². The van der Waals surface area contributed by atoms with Gasteiger partial charge in [0.25, 0.3) is 0 Å². The first-order chi connectivity index (χ1) is 9.75. The zero-order valence-electron chi connectivity index (χ0n) is 10.9. The molecule has 5 heteroatoms. The molecule has 20 heavy (non-hydrogen) atoms. The van der Waals surface area contributed by atoms with Gasteiger partial charge in [-0.25, -0.2) is 18.7 Å². The number of rotatable bonds is 2. The molecule has 104 valence electrons. The molecule has 2 heterocycles. The second-order valence-electron chi connectivity index (χ2n) is 4.93. The van der Waals surface area contributed by atoms with Crippen LogP contribution >= 0.6 is 0 Å². The molecule has 0 atom stereocenters. The molecule has 0 unspecified atom stereocenters. The van der Waals surface area contributed by atoms with Crippen LogP contribution < -0.4 is 5.32 Å². The third-order valence-electron chi connectivity index (χ3n) is 3.61. The third kappa shape index (κ3) is 2.54. The zero-order chi connectivity index (χ0) is 13.9. The third-order valence-corrected chi connectivity index (χ3v) is 3.61. The monoisotopic (exact) mass is 275 g/mol. The van der Waals surface area contributed by atoms with Gasteiger partial charge in [0.2, 0.25) is 0 Å². The molecule has 1 fully saturated rings. The molecular weight excluding hydrogens is 260 g/mol. The number of halogens is 2. The Balaban J connectivity index is 1.96. The van der Waals surface area contributed by atoms with Gasteiger partial charge in [0.1, 0.15) is 5.82 Å².